The van der Waals surface area contributed by atoms with Gasteiger partial charge < -0.3 is 39.4 Å². The highest BCUT2D eigenvalue weighted by molar-refractivity contribution is 5.69. The normalized spacial score (nSPS) is 20.6. The second-order valence-corrected chi connectivity index (χ2v) is 16.1. The van der Waals surface area contributed by atoms with Crippen LogP contribution in [0.1, 0.15) is 155 Å². The molecule has 0 spiro atoms. The monoisotopic (exact) mass is 893 g/mol. The Morgan fingerprint density at radius 3 is 1.36 bits per heavy atom. The van der Waals surface area contributed by atoms with Gasteiger partial charge in [-0.05, 0) is 96.3 Å². The average molecular weight is 893 g/mol. The maximum Gasteiger partial charge on any atom is 0.306 e. The Kier molecular flexibility index (Phi) is 41.0. The summed E-state index contributed by atoms with van der Waals surface area (Å²) in [6.07, 6.45) is 58.0. The third-order valence-electron chi connectivity index (χ3n) is 10.4. The first-order valence-corrected chi connectivity index (χ1v) is 24.6. The highest BCUT2D eigenvalue weighted by Crippen LogP contribution is 2.22. The highest BCUT2D eigenvalue weighted by Gasteiger charge is 2.44. The van der Waals surface area contributed by atoms with Gasteiger partial charge in [0.25, 0.3) is 0 Å². The second-order valence-electron chi connectivity index (χ2n) is 16.1. The Morgan fingerprint density at radius 2 is 0.906 bits per heavy atom. The van der Waals surface area contributed by atoms with Crippen LogP contribution in [0, 0.1) is 0 Å². The van der Waals surface area contributed by atoms with E-state index in [1.54, 1.807) is 0 Å². The molecular weight excluding hydrogens is 805 g/mol. The van der Waals surface area contributed by atoms with Crippen molar-refractivity contribution in [2.45, 2.75) is 192 Å². The van der Waals surface area contributed by atoms with Crippen LogP contribution in [0.15, 0.2) is 122 Å². The minimum atomic E-state index is -1.56. The lowest BCUT2D eigenvalue weighted by molar-refractivity contribution is -0.305. The largest absolute Gasteiger partial charge is 0.457 e. The van der Waals surface area contributed by atoms with Crippen molar-refractivity contribution in [1.29, 1.82) is 0 Å². The van der Waals surface area contributed by atoms with Gasteiger partial charge in [0.2, 0.25) is 0 Å². The van der Waals surface area contributed by atoms with Gasteiger partial charge in [0, 0.05) is 13.0 Å². The molecule has 1 rings (SSSR count). The fraction of sp³-hybridized carbons (Fsp3) is 0.618. The lowest BCUT2D eigenvalue weighted by Crippen LogP contribution is -2.59. The Labute approximate surface area is 388 Å². The maximum absolute atomic E-state index is 12.8. The van der Waals surface area contributed by atoms with Crippen molar-refractivity contribution in [3.05, 3.63) is 122 Å². The van der Waals surface area contributed by atoms with Crippen LogP contribution in [-0.4, -0.2) is 89.6 Å². The SMILES string of the molecule is CC/C=C\C/C=C\C/C=C\C/C=C\C/C=C\C/C=C\CCCOCC(COC1OC(CO)C(O)C(O)C1O)OC(=O)CCCCCCCCCC/C=C\C/C=C\C/C=C\C/C=C\CC. The first-order chi connectivity index (χ1) is 31.4. The van der Waals surface area contributed by atoms with Crippen LogP contribution >= 0.6 is 0 Å². The molecule has 6 atom stereocenters. The summed E-state index contributed by atoms with van der Waals surface area (Å²) >= 11 is 0. The zero-order valence-electron chi connectivity index (χ0n) is 39.7. The van der Waals surface area contributed by atoms with E-state index < -0.39 is 43.4 Å². The summed E-state index contributed by atoms with van der Waals surface area (Å²) < 4.78 is 22.8. The predicted molar refractivity (Wildman–Crippen MR) is 265 cm³/mol. The molecule has 9 nitrogen and oxygen atoms in total. The second kappa shape index (κ2) is 44.8. The smallest absolute Gasteiger partial charge is 0.306 e. The molecule has 0 aromatic carbocycles. The molecule has 9 heteroatoms. The van der Waals surface area contributed by atoms with Crippen molar-refractivity contribution in [2.24, 2.45) is 0 Å². The van der Waals surface area contributed by atoms with E-state index in [1.807, 2.05) is 0 Å². The molecule has 0 bridgehead atoms. The Balaban J connectivity index is 2.30. The fourth-order valence-electron chi connectivity index (χ4n) is 6.62. The molecule has 0 saturated carbocycles. The molecule has 6 unspecified atom stereocenters. The molecule has 1 aliphatic heterocycles. The summed E-state index contributed by atoms with van der Waals surface area (Å²) in [6.45, 7) is 4.14. The molecule has 1 heterocycles. The summed E-state index contributed by atoms with van der Waals surface area (Å²) in [5, 5.41) is 40.2. The van der Waals surface area contributed by atoms with Gasteiger partial charge >= 0.3 is 5.97 Å². The molecule has 362 valence electrons. The molecule has 0 amide bonds. The van der Waals surface area contributed by atoms with E-state index in [1.165, 1.54) is 25.7 Å². The van der Waals surface area contributed by atoms with Crippen LogP contribution < -0.4 is 0 Å². The number of aliphatic hydroxyl groups excluding tert-OH is 4. The number of rotatable bonds is 40. The Hall–Kier alpha value is -3.41. The zero-order chi connectivity index (χ0) is 46.4. The van der Waals surface area contributed by atoms with Gasteiger partial charge in [-0.1, -0.05) is 174 Å². The number of carbonyl (C=O) groups is 1. The van der Waals surface area contributed by atoms with E-state index in [-0.39, 0.29) is 25.6 Å². The van der Waals surface area contributed by atoms with Gasteiger partial charge in [-0.15, -0.1) is 0 Å². The van der Waals surface area contributed by atoms with E-state index in [0.717, 1.165) is 109 Å². The molecule has 0 aromatic heterocycles. The van der Waals surface area contributed by atoms with Crippen LogP contribution in [0.5, 0.6) is 0 Å². The van der Waals surface area contributed by atoms with Gasteiger partial charge in [0.05, 0.1) is 19.8 Å². The number of hydrogen-bond acceptors (Lipinski definition) is 9. The topological polar surface area (TPSA) is 135 Å². The summed E-state index contributed by atoms with van der Waals surface area (Å²) in [4.78, 5) is 12.8. The number of carbonyl (C=O) groups excluding carboxylic acids is 1. The van der Waals surface area contributed by atoms with Crippen molar-refractivity contribution in [3.8, 4) is 0 Å². The number of unbranched alkanes of at least 4 members (excludes halogenated alkanes) is 9. The lowest BCUT2D eigenvalue weighted by Gasteiger charge is -2.39. The van der Waals surface area contributed by atoms with E-state index in [9.17, 15) is 25.2 Å². The molecule has 1 saturated heterocycles. The van der Waals surface area contributed by atoms with Crippen molar-refractivity contribution in [2.75, 3.05) is 26.4 Å². The van der Waals surface area contributed by atoms with Crippen LogP contribution in [-0.2, 0) is 23.7 Å². The first-order valence-electron chi connectivity index (χ1n) is 24.6. The molecule has 1 aliphatic rings. The molecule has 4 N–H and O–H groups in total. The Bertz CT molecular complexity index is 1390. The van der Waals surface area contributed by atoms with Crippen LogP contribution in [0.25, 0.3) is 0 Å². The quantitative estimate of drug-likeness (QED) is 0.0269. The van der Waals surface area contributed by atoms with Crippen LogP contribution in [0.2, 0.25) is 0 Å². The van der Waals surface area contributed by atoms with Gasteiger partial charge in [-0.2, -0.15) is 0 Å². The minimum Gasteiger partial charge on any atom is -0.457 e. The van der Waals surface area contributed by atoms with Gasteiger partial charge in [0.15, 0.2) is 6.29 Å². The standard InChI is InChI=1S/C55H88O9/c1-3-5-7-9-11-13-15-17-19-21-23-25-26-28-30-32-34-36-38-40-42-44-51(57)63-49(48-62-55-54(60)53(59)52(58)50(46-56)64-55)47-61-45-43-41-39-37-35-33-31-29-27-24-22-20-18-16-14-12-10-8-6-4-2/h5-8,11-14,17-20,23-25,27,31,33,37,39,49-50,52-56,58-60H,3-4,9-10,15-16,21-22,26,28-30,32,34-36,38,40-48H2,1-2H3/b7-5-,8-6-,13-11-,14-12-,19-17-,20-18-,25-23-,27-24-,33-31-,39-37-. The summed E-state index contributed by atoms with van der Waals surface area (Å²) in [7, 11) is 0. The molecule has 0 aromatic rings. The molecule has 64 heavy (non-hydrogen) atoms. The van der Waals surface area contributed by atoms with Gasteiger partial charge in [0.1, 0.15) is 30.5 Å². The zero-order valence-corrected chi connectivity index (χ0v) is 39.7. The fourth-order valence-corrected chi connectivity index (χ4v) is 6.62. The Morgan fingerprint density at radius 1 is 0.500 bits per heavy atom. The molecule has 0 aliphatic carbocycles. The summed E-state index contributed by atoms with van der Waals surface area (Å²) in [6, 6.07) is 0. The molecule has 0 radical (unpaired) electrons. The first kappa shape index (κ1) is 58.6. The van der Waals surface area contributed by atoms with E-state index >= 15 is 0 Å². The third kappa shape index (κ3) is 34.9. The number of allylic oxidation sites excluding steroid dienone is 20. The van der Waals surface area contributed by atoms with Gasteiger partial charge in [-0.3, -0.25) is 4.79 Å². The summed E-state index contributed by atoms with van der Waals surface area (Å²) in [5.41, 5.74) is 0. The number of esters is 1. The van der Waals surface area contributed by atoms with Crippen molar-refractivity contribution >= 4 is 5.97 Å². The van der Waals surface area contributed by atoms with Crippen LogP contribution in [0.3, 0.4) is 0 Å². The number of hydrogen-bond donors (Lipinski definition) is 4. The minimum absolute atomic E-state index is 0.0925. The van der Waals surface area contributed by atoms with Crippen molar-refractivity contribution in [1.82, 2.24) is 0 Å². The van der Waals surface area contributed by atoms with E-state index in [0.29, 0.717) is 6.61 Å². The number of ether oxygens (including phenoxy) is 4. The highest BCUT2D eigenvalue weighted by atomic mass is 16.7. The third-order valence-corrected chi connectivity index (χ3v) is 10.4. The predicted octanol–water partition coefficient (Wildman–Crippen LogP) is 11.9. The van der Waals surface area contributed by atoms with E-state index in [2.05, 4.69) is 135 Å². The van der Waals surface area contributed by atoms with Gasteiger partial charge in [-0.25, -0.2) is 0 Å². The summed E-state index contributed by atoms with van der Waals surface area (Å²) in [5.74, 6) is -0.347. The molecule has 1 fully saturated rings. The van der Waals surface area contributed by atoms with Crippen molar-refractivity contribution < 1.29 is 44.2 Å². The molecular formula is C55H88O9. The lowest BCUT2D eigenvalue weighted by atomic mass is 9.99. The maximum atomic E-state index is 12.8. The van der Waals surface area contributed by atoms with E-state index in [4.69, 9.17) is 18.9 Å². The average Bonchev–Trinajstić information content (AvgIpc) is 3.30. The van der Waals surface area contributed by atoms with Crippen LogP contribution in [0.4, 0.5) is 0 Å². The number of aliphatic hydroxyl groups is 4. The van der Waals surface area contributed by atoms with Crippen molar-refractivity contribution in [3.63, 3.8) is 0 Å².